The summed E-state index contributed by atoms with van der Waals surface area (Å²) in [6, 6.07) is 15.2. The Labute approximate surface area is 200 Å². The van der Waals surface area contributed by atoms with Crippen LogP contribution in [0.15, 0.2) is 60.7 Å². The maximum Gasteiger partial charge on any atom is 0.269 e. The van der Waals surface area contributed by atoms with Crippen molar-refractivity contribution in [1.82, 2.24) is 10.2 Å². The van der Waals surface area contributed by atoms with Crippen LogP contribution in [0.5, 0.6) is 5.75 Å². The molecule has 0 spiro atoms. The Morgan fingerprint density at radius 1 is 1.11 bits per heavy atom. The van der Waals surface area contributed by atoms with Crippen molar-refractivity contribution in [3.8, 4) is 5.75 Å². The molecule has 0 bridgehead atoms. The minimum atomic E-state index is -0.464. The van der Waals surface area contributed by atoms with Crippen LogP contribution in [0.2, 0.25) is 0 Å². The number of hydrogen-bond acceptors (Lipinski definition) is 6. The van der Waals surface area contributed by atoms with Crippen molar-refractivity contribution in [2.75, 3.05) is 19.5 Å². The van der Waals surface area contributed by atoms with Crippen LogP contribution in [0, 0.1) is 15.9 Å². The van der Waals surface area contributed by atoms with Gasteiger partial charge in [0.2, 0.25) is 0 Å². The van der Waals surface area contributed by atoms with Crippen molar-refractivity contribution in [1.29, 1.82) is 0 Å². The fraction of sp³-hybridized carbons (Fsp3) is 0.200. The maximum atomic E-state index is 13.3. The van der Waals surface area contributed by atoms with E-state index in [1.807, 2.05) is 0 Å². The van der Waals surface area contributed by atoms with E-state index in [2.05, 4.69) is 10.6 Å². The van der Waals surface area contributed by atoms with Crippen LogP contribution in [0.1, 0.15) is 31.8 Å². The van der Waals surface area contributed by atoms with Gasteiger partial charge in [0, 0.05) is 32.1 Å². The number of halogens is 1. The summed E-state index contributed by atoms with van der Waals surface area (Å²) >= 11 is 0. The molecule has 2 N–H and O–H groups in total. The molecule has 1 atom stereocenters. The summed E-state index contributed by atoms with van der Waals surface area (Å²) in [4.78, 5) is 38.1. The van der Waals surface area contributed by atoms with Gasteiger partial charge in [0.15, 0.2) is 0 Å². The minimum absolute atomic E-state index is 0.00454. The van der Waals surface area contributed by atoms with Crippen molar-refractivity contribution in [2.24, 2.45) is 0 Å². The topological polar surface area (TPSA) is 114 Å². The van der Waals surface area contributed by atoms with Crippen LogP contribution in [0.4, 0.5) is 15.8 Å². The largest absolute Gasteiger partial charge is 0.495 e. The number of nitro benzene ring substituents is 1. The predicted octanol–water partition coefficient (Wildman–Crippen LogP) is 3.74. The Balaban J connectivity index is 1.54. The first-order valence-corrected chi connectivity index (χ1v) is 10.8. The standard InChI is InChI=1S/C25H23FN4O5/c1-29-21(13-15-5-9-18(10-6-15)30(33)34)28-20-12-11-19(23(35-2)22(20)25(29)32)24(31)27-14-16-3-7-17(26)8-4-16/h3-12,21,28H,13-14H2,1-2H3,(H,27,31). The number of nitrogens with zero attached hydrogens (tertiary/aromatic N) is 2. The smallest absolute Gasteiger partial charge is 0.269 e. The second-order valence-corrected chi connectivity index (χ2v) is 8.08. The fourth-order valence-corrected chi connectivity index (χ4v) is 3.95. The van der Waals surface area contributed by atoms with Crippen LogP contribution in [-0.4, -0.2) is 42.0 Å². The average Bonchev–Trinajstić information content (AvgIpc) is 2.86. The van der Waals surface area contributed by atoms with Crippen molar-refractivity contribution in [2.45, 2.75) is 19.1 Å². The third-order valence-corrected chi connectivity index (χ3v) is 5.87. The number of carbonyl (C=O) groups is 2. The van der Waals surface area contributed by atoms with E-state index in [0.717, 1.165) is 11.1 Å². The van der Waals surface area contributed by atoms with Gasteiger partial charge in [0.1, 0.15) is 23.3 Å². The Hall–Kier alpha value is -4.47. The van der Waals surface area contributed by atoms with Gasteiger partial charge in [-0.1, -0.05) is 24.3 Å². The summed E-state index contributed by atoms with van der Waals surface area (Å²) in [5, 5.41) is 16.9. The lowest BCUT2D eigenvalue weighted by molar-refractivity contribution is -0.384. The average molecular weight is 478 g/mol. The van der Waals surface area contributed by atoms with Crippen molar-refractivity contribution in [3.63, 3.8) is 0 Å². The molecular weight excluding hydrogens is 455 g/mol. The molecule has 4 rings (SSSR count). The highest BCUT2D eigenvalue weighted by atomic mass is 19.1. The number of hydrogen-bond donors (Lipinski definition) is 2. The van der Waals surface area contributed by atoms with Gasteiger partial charge in [0.05, 0.1) is 23.3 Å². The molecular formula is C25H23FN4O5. The minimum Gasteiger partial charge on any atom is -0.495 e. The molecule has 1 aliphatic rings. The lowest BCUT2D eigenvalue weighted by atomic mass is 9.99. The summed E-state index contributed by atoms with van der Waals surface area (Å²) in [7, 11) is 3.03. The van der Waals surface area contributed by atoms with E-state index in [9.17, 15) is 24.1 Å². The SMILES string of the molecule is COc1c(C(=O)NCc2ccc(F)cc2)ccc2c1C(=O)N(C)C(Cc1ccc([N+](=O)[O-])cc1)N2. The molecule has 0 radical (unpaired) electrons. The van der Waals surface area contributed by atoms with Crippen molar-refractivity contribution >= 4 is 23.2 Å². The monoisotopic (exact) mass is 478 g/mol. The van der Waals surface area contributed by atoms with Gasteiger partial charge in [-0.15, -0.1) is 0 Å². The summed E-state index contributed by atoms with van der Waals surface area (Å²) in [6.45, 7) is 0.183. The summed E-state index contributed by atoms with van der Waals surface area (Å²) in [5.41, 5.74) is 2.50. The number of ether oxygens (including phenoxy) is 1. The molecule has 9 nitrogen and oxygen atoms in total. The van der Waals surface area contributed by atoms with E-state index < -0.39 is 17.0 Å². The van der Waals surface area contributed by atoms with Crippen molar-refractivity contribution < 1.29 is 23.6 Å². The highest BCUT2D eigenvalue weighted by Crippen LogP contribution is 2.36. The molecule has 0 saturated heterocycles. The first-order valence-electron chi connectivity index (χ1n) is 10.8. The Morgan fingerprint density at radius 3 is 2.40 bits per heavy atom. The molecule has 0 fully saturated rings. The maximum absolute atomic E-state index is 13.3. The quantitative estimate of drug-likeness (QED) is 0.395. The molecule has 1 unspecified atom stereocenters. The zero-order valence-electron chi connectivity index (χ0n) is 19.1. The molecule has 3 aromatic carbocycles. The zero-order chi connectivity index (χ0) is 25.1. The highest BCUT2D eigenvalue weighted by molar-refractivity contribution is 6.09. The van der Waals surface area contributed by atoms with E-state index in [1.165, 1.54) is 36.3 Å². The molecule has 1 heterocycles. The zero-order valence-corrected chi connectivity index (χ0v) is 19.1. The van der Waals surface area contributed by atoms with Gasteiger partial charge in [0.25, 0.3) is 17.5 Å². The number of methoxy groups -OCH3 is 1. The number of fused-ring (bicyclic) bond motifs is 1. The molecule has 2 amide bonds. The van der Waals surface area contributed by atoms with Gasteiger partial charge in [-0.2, -0.15) is 0 Å². The molecule has 0 aliphatic carbocycles. The molecule has 1 aliphatic heterocycles. The summed E-state index contributed by atoms with van der Waals surface area (Å²) < 4.78 is 18.6. The number of benzene rings is 3. The Morgan fingerprint density at radius 2 is 1.77 bits per heavy atom. The van der Waals surface area contributed by atoms with Gasteiger partial charge in [-0.25, -0.2) is 4.39 Å². The second-order valence-electron chi connectivity index (χ2n) is 8.08. The molecule has 180 valence electrons. The van der Waals surface area contributed by atoms with Crippen LogP contribution in [0.25, 0.3) is 0 Å². The normalized spacial score (nSPS) is 14.7. The lowest BCUT2D eigenvalue weighted by Gasteiger charge is -2.36. The van der Waals surface area contributed by atoms with Gasteiger partial charge in [-0.05, 0) is 35.4 Å². The molecule has 0 saturated carbocycles. The van der Waals surface area contributed by atoms with E-state index in [4.69, 9.17) is 4.74 Å². The number of rotatable bonds is 7. The van der Waals surface area contributed by atoms with Crippen LogP contribution in [-0.2, 0) is 13.0 Å². The van der Waals surface area contributed by atoms with E-state index in [1.54, 1.807) is 43.4 Å². The number of nitrogens with one attached hydrogen (secondary N) is 2. The number of anilines is 1. The molecule has 10 heteroatoms. The fourth-order valence-electron chi connectivity index (χ4n) is 3.95. The number of non-ortho nitro benzene ring substituents is 1. The Bertz CT molecular complexity index is 1280. The van der Waals surface area contributed by atoms with Gasteiger partial charge >= 0.3 is 0 Å². The highest BCUT2D eigenvalue weighted by Gasteiger charge is 2.34. The first-order chi connectivity index (χ1) is 16.8. The number of nitro groups is 1. The first kappa shape index (κ1) is 23.7. The molecule has 35 heavy (non-hydrogen) atoms. The summed E-state index contributed by atoms with van der Waals surface area (Å²) in [5.74, 6) is -0.969. The Kier molecular flexibility index (Phi) is 6.63. The van der Waals surface area contributed by atoms with E-state index in [0.29, 0.717) is 12.1 Å². The van der Waals surface area contributed by atoms with Crippen LogP contribution in [0.3, 0.4) is 0 Å². The second kappa shape index (κ2) is 9.80. The van der Waals surface area contributed by atoms with E-state index in [-0.39, 0.29) is 40.8 Å². The predicted molar refractivity (Wildman–Crippen MR) is 127 cm³/mol. The lowest BCUT2D eigenvalue weighted by Crippen LogP contribution is -2.47. The number of amides is 2. The van der Waals surface area contributed by atoms with Crippen LogP contribution < -0.4 is 15.4 Å². The van der Waals surface area contributed by atoms with E-state index >= 15 is 0 Å². The van der Waals surface area contributed by atoms with Crippen LogP contribution >= 0.6 is 0 Å². The number of carbonyl (C=O) groups excluding carboxylic acids is 2. The molecule has 0 aromatic heterocycles. The van der Waals surface area contributed by atoms with Gasteiger partial charge in [-0.3, -0.25) is 19.7 Å². The van der Waals surface area contributed by atoms with Gasteiger partial charge < -0.3 is 20.3 Å². The third kappa shape index (κ3) is 4.91. The third-order valence-electron chi connectivity index (χ3n) is 5.87. The number of likely N-dealkylation sites (N-methyl/N-ethyl adjacent to an activating group) is 1. The molecule has 3 aromatic rings. The summed E-state index contributed by atoms with van der Waals surface area (Å²) in [6.07, 6.45) is 0.0151. The van der Waals surface area contributed by atoms with Crippen molar-refractivity contribution in [3.05, 3.63) is 98.8 Å².